The molecule has 0 amide bonds. The summed E-state index contributed by atoms with van der Waals surface area (Å²) in [6, 6.07) is 5.87. The summed E-state index contributed by atoms with van der Waals surface area (Å²) in [5, 5.41) is 4.82. The lowest BCUT2D eigenvalue weighted by atomic mass is 10.3. The lowest BCUT2D eigenvalue weighted by Crippen LogP contribution is -1.92. The topological polar surface area (TPSA) is 25.8 Å². The summed E-state index contributed by atoms with van der Waals surface area (Å²) in [6.45, 7) is 0. The number of pyridine rings is 2. The normalized spacial score (nSPS) is 16.1. The fourth-order valence-corrected chi connectivity index (χ4v) is 3.64. The van der Waals surface area contributed by atoms with Crippen molar-refractivity contribution in [3.8, 4) is 0 Å². The van der Waals surface area contributed by atoms with Gasteiger partial charge in [0.2, 0.25) is 0 Å². The molecule has 16 heavy (non-hydrogen) atoms. The van der Waals surface area contributed by atoms with Gasteiger partial charge in [-0.1, -0.05) is 11.6 Å². The Morgan fingerprint density at radius 3 is 2.75 bits per heavy atom. The molecule has 0 saturated carbocycles. The highest BCUT2D eigenvalue weighted by Crippen LogP contribution is 2.45. The maximum absolute atomic E-state index is 5.91. The molecule has 0 aliphatic carbocycles. The predicted molar refractivity (Wildman–Crippen MR) is 71.6 cm³/mol. The molecule has 1 aliphatic rings. The van der Waals surface area contributed by atoms with Crippen molar-refractivity contribution in [2.45, 2.75) is 4.58 Å². The molecule has 0 atom stereocenters. The molecule has 5 heteroatoms. The highest BCUT2D eigenvalue weighted by atomic mass is 35.5. The minimum atomic E-state index is 0.364. The Kier molecular flexibility index (Phi) is 2.79. The second-order valence-corrected chi connectivity index (χ2v) is 6.07. The largest absolute Gasteiger partial charge is 0.253 e. The third kappa shape index (κ3) is 1.93. The van der Waals surface area contributed by atoms with Gasteiger partial charge in [0.25, 0.3) is 0 Å². The Morgan fingerprint density at radius 2 is 1.94 bits per heavy atom. The fourth-order valence-electron chi connectivity index (χ4n) is 1.51. The zero-order valence-electron chi connectivity index (χ0n) is 8.13. The van der Waals surface area contributed by atoms with E-state index in [1.807, 2.05) is 18.2 Å². The van der Waals surface area contributed by atoms with Gasteiger partial charge in [-0.05, 0) is 29.0 Å². The molecule has 0 spiro atoms. The average molecular weight is 267 g/mol. The van der Waals surface area contributed by atoms with Crippen LogP contribution in [0.25, 0.3) is 11.0 Å². The molecule has 3 heterocycles. The maximum Gasteiger partial charge on any atom is 0.100 e. The van der Waals surface area contributed by atoms with E-state index in [2.05, 4.69) is 20.8 Å². The van der Waals surface area contributed by atoms with E-state index in [0.717, 1.165) is 16.7 Å². The van der Waals surface area contributed by atoms with Crippen molar-refractivity contribution >= 4 is 46.2 Å². The number of hydrogen-bond acceptors (Lipinski definition) is 4. The van der Waals surface area contributed by atoms with E-state index in [0.29, 0.717) is 9.60 Å². The van der Waals surface area contributed by atoms with Gasteiger partial charge in [0.05, 0.1) is 21.7 Å². The second kappa shape index (κ2) is 4.28. The van der Waals surface area contributed by atoms with Crippen molar-refractivity contribution in [3.63, 3.8) is 0 Å². The molecular formula is C11H7ClN2S2. The monoisotopic (exact) mass is 266 g/mol. The third-order valence-electron chi connectivity index (χ3n) is 2.23. The first-order valence-electron chi connectivity index (χ1n) is 4.71. The van der Waals surface area contributed by atoms with Crippen LogP contribution in [0.15, 0.2) is 35.2 Å². The van der Waals surface area contributed by atoms with Crippen LogP contribution in [0.4, 0.5) is 0 Å². The van der Waals surface area contributed by atoms with Crippen LogP contribution in [-0.2, 0) is 0 Å². The van der Waals surface area contributed by atoms with Crippen LogP contribution in [0.1, 0.15) is 10.3 Å². The van der Waals surface area contributed by atoms with Gasteiger partial charge in [-0.2, -0.15) is 0 Å². The molecule has 2 nitrogen and oxygen atoms in total. The molecular weight excluding hydrogens is 260 g/mol. The molecule has 1 aliphatic heterocycles. The smallest absolute Gasteiger partial charge is 0.100 e. The Bertz CT molecular complexity index is 563. The zero-order valence-corrected chi connectivity index (χ0v) is 10.5. The number of halogens is 1. The van der Waals surface area contributed by atoms with Gasteiger partial charge in [0.1, 0.15) is 4.58 Å². The van der Waals surface area contributed by atoms with E-state index in [9.17, 15) is 0 Å². The van der Waals surface area contributed by atoms with Gasteiger partial charge in [-0.3, -0.25) is 4.98 Å². The summed E-state index contributed by atoms with van der Waals surface area (Å²) in [5.74, 6) is 0. The lowest BCUT2D eigenvalue weighted by Gasteiger charge is -2.07. The van der Waals surface area contributed by atoms with Crippen molar-refractivity contribution in [1.29, 1.82) is 0 Å². The molecule has 0 unspecified atom stereocenters. The van der Waals surface area contributed by atoms with Crippen molar-refractivity contribution in [2.24, 2.45) is 0 Å². The number of aromatic nitrogens is 2. The summed E-state index contributed by atoms with van der Waals surface area (Å²) >= 11 is 9.45. The van der Waals surface area contributed by atoms with Crippen LogP contribution in [0.5, 0.6) is 0 Å². The van der Waals surface area contributed by atoms with E-state index in [1.165, 1.54) is 0 Å². The first-order chi connectivity index (χ1) is 7.83. The van der Waals surface area contributed by atoms with Crippen molar-refractivity contribution in [1.82, 2.24) is 9.97 Å². The van der Waals surface area contributed by atoms with Crippen molar-refractivity contribution < 1.29 is 0 Å². The number of nitrogens with zero attached hydrogens (tertiary/aromatic N) is 2. The Labute approximate surface area is 107 Å². The van der Waals surface area contributed by atoms with E-state index in [4.69, 9.17) is 11.6 Å². The molecule has 0 aromatic carbocycles. The van der Waals surface area contributed by atoms with E-state index < -0.39 is 0 Å². The van der Waals surface area contributed by atoms with E-state index >= 15 is 0 Å². The SMILES string of the molecule is Clc1cnc2ccc(C3SC=CS3)nc2c1. The molecule has 0 saturated heterocycles. The highest BCUT2D eigenvalue weighted by molar-refractivity contribution is 8.21. The quantitative estimate of drug-likeness (QED) is 0.771. The Hall–Kier alpha value is -0.710. The van der Waals surface area contributed by atoms with Gasteiger partial charge in [0.15, 0.2) is 0 Å². The highest BCUT2D eigenvalue weighted by Gasteiger charge is 2.16. The van der Waals surface area contributed by atoms with Crippen LogP contribution in [-0.4, -0.2) is 9.97 Å². The summed E-state index contributed by atoms with van der Waals surface area (Å²) in [5.41, 5.74) is 2.81. The van der Waals surface area contributed by atoms with Crippen LogP contribution in [0, 0.1) is 0 Å². The maximum atomic E-state index is 5.91. The van der Waals surface area contributed by atoms with Crippen molar-refractivity contribution in [2.75, 3.05) is 0 Å². The number of hydrogen-bond donors (Lipinski definition) is 0. The predicted octanol–water partition coefficient (Wildman–Crippen LogP) is 4.23. The summed E-state index contributed by atoms with van der Waals surface area (Å²) in [7, 11) is 0. The standard InChI is InChI=1S/C11H7ClN2S2/c12-7-5-10-8(13-6-7)1-2-9(14-10)11-15-3-4-16-11/h1-6,11H. The number of fused-ring (bicyclic) bond motifs is 1. The molecule has 0 bridgehead atoms. The molecule has 2 aromatic heterocycles. The van der Waals surface area contributed by atoms with Gasteiger partial charge in [-0.25, -0.2) is 4.98 Å². The summed E-state index contributed by atoms with van der Waals surface area (Å²) in [6.07, 6.45) is 1.64. The first kappa shape index (κ1) is 10.4. The molecule has 0 N–H and O–H groups in total. The first-order valence-corrected chi connectivity index (χ1v) is 6.97. The molecule has 0 radical (unpaired) electrons. The van der Waals surface area contributed by atoms with Gasteiger partial charge in [-0.15, -0.1) is 23.5 Å². The number of thioether (sulfide) groups is 2. The van der Waals surface area contributed by atoms with Gasteiger partial charge < -0.3 is 0 Å². The molecule has 80 valence electrons. The van der Waals surface area contributed by atoms with Gasteiger partial charge >= 0.3 is 0 Å². The zero-order chi connectivity index (χ0) is 11.0. The van der Waals surface area contributed by atoms with Crippen LogP contribution >= 0.6 is 35.1 Å². The Balaban J connectivity index is 2.07. The number of rotatable bonds is 1. The summed E-state index contributed by atoms with van der Waals surface area (Å²) < 4.78 is 0.364. The average Bonchev–Trinajstić information content (AvgIpc) is 2.81. The van der Waals surface area contributed by atoms with Crippen LogP contribution < -0.4 is 0 Å². The Morgan fingerprint density at radius 1 is 1.12 bits per heavy atom. The van der Waals surface area contributed by atoms with Crippen LogP contribution in [0.3, 0.4) is 0 Å². The van der Waals surface area contributed by atoms with E-state index in [-0.39, 0.29) is 0 Å². The van der Waals surface area contributed by atoms with E-state index in [1.54, 1.807) is 29.7 Å². The fraction of sp³-hybridized carbons (Fsp3) is 0.0909. The third-order valence-corrected chi connectivity index (χ3v) is 4.84. The van der Waals surface area contributed by atoms with Gasteiger partial charge in [0, 0.05) is 6.20 Å². The summed E-state index contributed by atoms with van der Waals surface area (Å²) in [4.78, 5) is 8.81. The van der Waals surface area contributed by atoms with Crippen LogP contribution in [0.2, 0.25) is 5.02 Å². The minimum absolute atomic E-state index is 0.364. The van der Waals surface area contributed by atoms with Crippen molar-refractivity contribution in [3.05, 3.63) is 45.9 Å². The molecule has 3 rings (SSSR count). The second-order valence-electron chi connectivity index (χ2n) is 3.30. The molecule has 2 aromatic rings. The molecule has 0 fully saturated rings. The minimum Gasteiger partial charge on any atom is -0.253 e. The lowest BCUT2D eigenvalue weighted by molar-refractivity contribution is 1.20.